The Labute approximate surface area is 75.0 Å². The Morgan fingerprint density at radius 1 is 1.58 bits per heavy atom. The van der Waals surface area contributed by atoms with E-state index in [9.17, 15) is 4.79 Å². The van der Waals surface area contributed by atoms with Crippen molar-refractivity contribution in [1.82, 2.24) is 5.32 Å². The van der Waals surface area contributed by atoms with Crippen LogP contribution in [0, 0.1) is 5.92 Å². The van der Waals surface area contributed by atoms with Crippen LogP contribution >= 0.6 is 0 Å². The molecular weight excluding hydrogens is 150 g/mol. The zero-order valence-electron chi connectivity index (χ0n) is 8.26. The van der Waals surface area contributed by atoms with Crippen LogP contribution in [0.25, 0.3) is 0 Å². The normalized spacial score (nSPS) is 14.1. The van der Waals surface area contributed by atoms with Gasteiger partial charge in [0.25, 0.3) is 0 Å². The quantitative estimate of drug-likeness (QED) is 0.617. The third-order valence-electron chi connectivity index (χ3n) is 1.96. The van der Waals surface area contributed by atoms with E-state index in [0.29, 0.717) is 12.3 Å². The summed E-state index contributed by atoms with van der Waals surface area (Å²) in [7, 11) is 1.93. The van der Waals surface area contributed by atoms with Crippen LogP contribution in [-0.2, 0) is 4.79 Å². The molecular formula is C10H19NO. The Hall–Kier alpha value is -0.790. The maximum Gasteiger partial charge on any atom is 0.120 e. The fraction of sp³-hybridized carbons (Fsp3) is 0.700. The van der Waals surface area contributed by atoms with Gasteiger partial charge in [0.2, 0.25) is 0 Å². The van der Waals surface area contributed by atoms with E-state index in [1.54, 1.807) is 0 Å². The standard InChI is InChI=1S/C10H19NO/c1-4-6-10(11-3)9(2)7-5-8-12/h6,8-9,11H,4-5,7H2,1-3H3/b10-6+. The summed E-state index contributed by atoms with van der Waals surface area (Å²) >= 11 is 0. The molecule has 2 heteroatoms. The average Bonchev–Trinajstić information content (AvgIpc) is 2.10. The largest absolute Gasteiger partial charge is 0.391 e. The van der Waals surface area contributed by atoms with Gasteiger partial charge in [-0.05, 0) is 18.8 Å². The zero-order chi connectivity index (χ0) is 9.40. The summed E-state index contributed by atoms with van der Waals surface area (Å²) in [6, 6.07) is 0. The van der Waals surface area contributed by atoms with Gasteiger partial charge in [-0.3, -0.25) is 0 Å². The van der Waals surface area contributed by atoms with Crippen LogP contribution in [0.15, 0.2) is 11.8 Å². The second-order valence-electron chi connectivity index (χ2n) is 2.96. The summed E-state index contributed by atoms with van der Waals surface area (Å²) in [6.07, 6.45) is 5.80. The molecule has 0 aromatic heterocycles. The van der Waals surface area contributed by atoms with Gasteiger partial charge >= 0.3 is 0 Å². The van der Waals surface area contributed by atoms with Gasteiger partial charge in [0.05, 0.1) is 0 Å². The fourth-order valence-electron chi connectivity index (χ4n) is 1.24. The molecule has 0 saturated heterocycles. The van der Waals surface area contributed by atoms with Crippen LogP contribution in [0.1, 0.15) is 33.1 Å². The van der Waals surface area contributed by atoms with Gasteiger partial charge in [0.1, 0.15) is 6.29 Å². The van der Waals surface area contributed by atoms with Crippen molar-refractivity contribution in [2.75, 3.05) is 7.05 Å². The summed E-state index contributed by atoms with van der Waals surface area (Å²) in [5, 5.41) is 3.16. The maximum absolute atomic E-state index is 10.1. The van der Waals surface area contributed by atoms with Gasteiger partial charge in [-0.25, -0.2) is 0 Å². The minimum atomic E-state index is 0.472. The van der Waals surface area contributed by atoms with Crippen molar-refractivity contribution in [3.8, 4) is 0 Å². The van der Waals surface area contributed by atoms with Gasteiger partial charge < -0.3 is 10.1 Å². The Bertz CT molecular complexity index is 152. The number of carbonyl (C=O) groups is 1. The molecule has 0 heterocycles. The van der Waals surface area contributed by atoms with Crippen molar-refractivity contribution < 1.29 is 4.79 Å². The molecule has 1 unspecified atom stereocenters. The van der Waals surface area contributed by atoms with Crippen LogP contribution in [-0.4, -0.2) is 13.3 Å². The molecule has 1 atom stereocenters. The van der Waals surface area contributed by atoms with E-state index in [4.69, 9.17) is 0 Å². The molecule has 0 amide bonds. The van der Waals surface area contributed by atoms with Crippen molar-refractivity contribution in [2.24, 2.45) is 5.92 Å². The Morgan fingerprint density at radius 2 is 2.25 bits per heavy atom. The molecule has 0 bridgehead atoms. The van der Waals surface area contributed by atoms with Crippen LogP contribution in [0.3, 0.4) is 0 Å². The molecule has 1 N–H and O–H groups in total. The number of carbonyl (C=O) groups excluding carboxylic acids is 1. The summed E-state index contributed by atoms with van der Waals surface area (Å²) in [4.78, 5) is 10.1. The van der Waals surface area contributed by atoms with Crippen LogP contribution in [0.5, 0.6) is 0 Å². The van der Waals surface area contributed by atoms with E-state index >= 15 is 0 Å². The molecule has 0 radical (unpaired) electrons. The van der Waals surface area contributed by atoms with Crippen molar-refractivity contribution in [1.29, 1.82) is 0 Å². The summed E-state index contributed by atoms with van der Waals surface area (Å²) in [6.45, 7) is 4.26. The molecule has 12 heavy (non-hydrogen) atoms. The van der Waals surface area contributed by atoms with E-state index < -0.39 is 0 Å². The molecule has 0 spiro atoms. The average molecular weight is 169 g/mol. The molecule has 0 aliphatic carbocycles. The molecule has 0 rings (SSSR count). The molecule has 0 saturated carbocycles. The third-order valence-corrected chi connectivity index (χ3v) is 1.96. The second-order valence-corrected chi connectivity index (χ2v) is 2.96. The van der Waals surface area contributed by atoms with Crippen molar-refractivity contribution in [3.05, 3.63) is 11.8 Å². The first-order chi connectivity index (χ1) is 5.76. The number of rotatable bonds is 6. The van der Waals surface area contributed by atoms with Crippen LogP contribution in [0.4, 0.5) is 0 Å². The topological polar surface area (TPSA) is 29.1 Å². The van der Waals surface area contributed by atoms with Crippen LogP contribution < -0.4 is 5.32 Å². The van der Waals surface area contributed by atoms with E-state index in [0.717, 1.165) is 19.1 Å². The summed E-state index contributed by atoms with van der Waals surface area (Å²) in [5.74, 6) is 0.472. The zero-order valence-corrected chi connectivity index (χ0v) is 8.26. The van der Waals surface area contributed by atoms with E-state index in [-0.39, 0.29) is 0 Å². The number of hydrogen-bond donors (Lipinski definition) is 1. The lowest BCUT2D eigenvalue weighted by atomic mass is 10.0. The van der Waals surface area contributed by atoms with Crippen molar-refractivity contribution in [2.45, 2.75) is 33.1 Å². The minimum Gasteiger partial charge on any atom is -0.391 e. The lowest BCUT2D eigenvalue weighted by Crippen LogP contribution is -2.14. The Kier molecular flexibility index (Phi) is 6.44. The fourth-order valence-corrected chi connectivity index (χ4v) is 1.24. The number of allylic oxidation sites excluding steroid dienone is 2. The highest BCUT2D eigenvalue weighted by Gasteiger charge is 2.05. The predicted octanol–water partition coefficient (Wildman–Crippen LogP) is 2.11. The Morgan fingerprint density at radius 3 is 2.67 bits per heavy atom. The molecule has 70 valence electrons. The highest BCUT2D eigenvalue weighted by Crippen LogP contribution is 2.13. The maximum atomic E-state index is 10.1. The smallest absolute Gasteiger partial charge is 0.120 e. The summed E-state index contributed by atoms with van der Waals surface area (Å²) < 4.78 is 0. The number of hydrogen-bond acceptors (Lipinski definition) is 2. The SMILES string of the molecule is CC/C=C(/NC)C(C)CCC=O. The molecule has 0 aromatic carbocycles. The second kappa shape index (κ2) is 6.89. The van der Waals surface area contributed by atoms with Gasteiger partial charge in [0.15, 0.2) is 0 Å². The first-order valence-electron chi connectivity index (χ1n) is 4.57. The monoisotopic (exact) mass is 169 g/mol. The number of nitrogens with one attached hydrogen (secondary N) is 1. The first kappa shape index (κ1) is 11.2. The van der Waals surface area contributed by atoms with Gasteiger partial charge in [0, 0.05) is 19.2 Å². The van der Waals surface area contributed by atoms with Gasteiger partial charge in [-0.1, -0.05) is 19.9 Å². The Balaban J connectivity index is 3.93. The third kappa shape index (κ3) is 4.16. The molecule has 2 nitrogen and oxygen atoms in total. The summed E-state index contributed by atoms with van der Waals surface area (Å²) in [5.41, 5.74) is 1.25. The van der Waals surface area contributed by atoms with E-state index in [1.807, 2.05) is 7.05 Å². The molecule has 0 aliphatic rings. The molecule has 0 fully saturated rings. The highest BCUT2D eigenvalue weighted by molar-refractivity contribution is 5.49. The van der Waals surface area contributed by atoms with E-state index in [2.05, 4.69) is 25.2 Å². The van der Waals surface area contributed by atoms with Crippen LogP contribution in [0.2, 0.25) is 0 Å². The van der Waals surface area contributed by atoms with Gasteiger partial charge in [-0.15, -0.1) is 0 Å². The first-order valence-corrected chi connectivity index (χ1v) is 4.57. The highest BCUT2D eigenvalue weighted by atomic mass is 16.1. The van der Waals surface area contributed by atoms with E-state index in [1.165, 1.54) is 5.70 Å². The van der Waals surface area contributed by atoms with Gasteiger partial charge in [-0.2, -0.15) is 0 Å². The van der Waals surface area contributed by atoms with Crippen molar-refractivity contribution >= 4 is 6.29 Å². The van der Waals surface area contributed by atoms with Crippen molar-refractivity contribution in [3.63, 3.8) is 0 Å². The number of aldehydes is 1. The minimum absolute atomic E-state index is 0.472. The lowest BCUT2D eigenvalue weighted by Gasteiger charge is -2.14. The molecule has 0 aromatic rings. The predicted molar refractivity (Wildman–Crippen MR) is 51.9 cm³/mol. The lowest BCUT2D eigenvalue weighted by molar-refractivity contribution is -0.108. The molecule has 0 aliphatic heterocycles.